The normalized spacial score (nSPS) is 12.8. The molecule has 4 nitrogen and oxygen atoms in total. The van der Waals surface area contributed by atoms with Crippen LogP contribution in [0.3, 0.4) is 0 Å². The van der Waals surface area contributed by atoms with Crippen LogP contribution in [0.25, 0.3) is 11.5 Å². The van der Waals surface area contributed by atoms with Crippen LogP contribution in [0.15, 0.2) is 22.7 Å². The molecule has 1 aromatic carbocycles. The van der Waals surface area contributed by atoms with Crippen LogP contribution in [0, 0.1) is 13.8 Å². The molecule has 0 amide bonds. The predicted molar refractivity (Wildman–Crippen MR) is 59.8 cm³/mol. The summed E-state index contributed by atoms with van der Waals surface area (Å²) < 4.78 is 5.13. The minimum Gasteiger partial charge on any atom is -0.385 e. The fourth-order valence-electron chi connectivity index (χ4n) is 1.48. The maximum atomic E-state index is 9.32. The fraction of sp³-hybridized carbons (Fsp3) is 0.333. The highest BCUT2D eigenvalue weighted by Gasteiger charge is 2.13. The molecule has 2 aromatic rings. The summed E-state index contributed by atoms with van der Waals surface area (Å²) in [5, 5.41) is 13.0. The van der Waals surface area contributed by atoms with Crippen LogP contribution in [0.2, 0.25) is 0 Å². The molecule has 1 atom stereocenters. The molecule has 0 bridgehead atoms. The second-order valence-electron chi connectivity index (χ2n) is 3.95. The van der Waals surface area contributed by atoms with E-state index in [1.165, 1.54) is 0 Å². The van der Waals surface area contributed by atoms with E-state index in [9.17, 15) is 5.11 Å². The highest BCUT2D eigenvalue weighted by atomic mass is 16.5. The Morgan fingerprint density at radius 1 is 1.31 bits per heavy atom. The van der Waals surface area contributed by atoms with Crippen molar-refractivity contribution in [2.75, 3.05) is 0 Å². The Kier molecular flexibility index (Phi) is 2.75. The second-order valence-corrected chi connectivity index (χ2v) is 3.95. The summed E-state index contributed by atoms with van der Waals surface area (Å²) in [4.78, 5) is 4.15. The Morgan fingerprint density at radius 3 is 2.69 bits per heavy atom. The number of aryl methyl sites for hydroxylation is 2. The van der Waals surface area contributed by atoms with Crippen molar-refractivity contribution < 1.29 is 9.63 Å². The Hall–Kier alpha value is -1.68. The number of benzene rings is 1. The van der Waals surface area contributed by atoms with Gasteiger partial charge in [0.2, 0.25) is 0 Å². The topological polar surface area (TPSA) is 59.2 Å². The summed E-state index contributed by atoms with van der Waals surface area (Å²) in [5.41, 5.74) is 3.13. The first-order valence-corrected chi connectivity index (χ1v) is 5.17. The zero-order chi connectivity index (χ0) is 11.7. The molecule has 0 spiro atoms. The summed E-state index contributed by atoms with van der Waals surface area (Å²) in [5.74, 6) is 0.771. The molecular weight excluding hydrogens is 204 g/mol. The quantitative estimate of drug-likeness (QED) is 0.840. The monoisotopic (exact) mass is 218 g/mol. The van der Waals surface area contributed by atoms with Gasteiger partial charge in [-0.15, -0.1) is 0 Å². The van der Waals surface area contributed by atoms with Gasteiger partial charge in [0.25, 0.3) is 5.89 Å². The van der Waals surface area contributed by atoms with Crippen molar-refractivity contribution in [3.8, 4) is 11.5 Å². The van der Waals surface area contributed by atoms with Crippen LogP contribution in [0.4, 0.5) is 0 Å². The zero-order valence-electron chi connectivity index (χ0n) is 9.56. The average molecular weight is 218 g/mol. The number of aromatic nitrogens is 2. The van der Waals surface area contributed by atoms with E-state index in [2.05, 4.69) is 10.1 Å². The first-order valence-electron chi connectivity index (χ1n) is 5.17. The zero-order valence-corrected chi connectivity index (χ0v) is 9.56. The molecule has 0 fully saturated rings. The van der Waals surface area contributed by atoms with E-state index in [1.54, 1.807) is 6.92 Å². The Bertz CT molecular complexity index is 503. The molecule has 1 heterocycles. The molecule has 0 saturated carbocycles. The number of aliphatic hydroxyl groups is 1. The molecule has 4 heteroatoms. The van der Waals surface area contributed by atoms with Gasteiger partial charge in [0.1, 0.15) is 6.10 Å². The number of hydrogen-bond donors (Lipinski definition) is 1. The summed E-state index contributed by atoms with van der Waals surface area (Å²) in [7, 11) is 0. The van der Waals surface area contributed by atoms with E-state index in [0.717, 1.165) is 16.7 Å². The Balaban J connectivity index is 2.46. The molecule has 1 N–H and O–H groups in total. The van der Waals surface area contributed by atoms with E-state index >= 15 is 0 Å². The standard InChI is InChI=1S/C12H14N2O2/c1-7-4-5-8(2)10(6-7)12-13-11(9(3)15)14-16-12/h4-6,9,15H,1-3H3. The Labute approximate surface area is 93.9 Å². The van der Waals surface area contributed by atoms with Crippen LogP contribution in [-0.2, 0) is 0 Å². The predicted octanol–water partition coefficient (Wildman–Crippen LogP) is 2.41. The van der Waals surface area contributed by atoms with Crippen molar-refractivity contribution in [2.24, 2.45) is 0 Å². The van der Waals surface area contributed by atoms with Crippen LogP contribution < -0.4 is 0 Å². The van der Waals surface area contributed by atoms with Crippen LogP contribution in [0.5, 0.6) is 0 Å². The molecule has 0 aliphatic rings. The third kappa shape index (κ3) is 1.97. The molecule has 2 rings (SSSR count). The molecule has 0 radical (unpaired) electrons. The van der Waals surface area contributed by atoms with Crippen molar-refractivity contribution in [3.63, 3.8) is 0 Å². The summed E-state index contributed by atoms with van der Waals surface area (Å²) in [6.07, 6.45) is -0.706. The van der Waals surface area contributed by atoms with Gasteiger partial charge in [0.15, 0.2) is 5.82 Å². The minimum atomic E-state index is -0.706. The summed E-state index contributed by atoms with van der Waals surface area (Å²) >= 11 is 0. The lowest BCUT2D eigenvalue weighted by atomic mass is 10.1. The van der Waals surface area contributed by atoms with Crippen LogP contribution in [0.1, 0.15) is 30.0 Å². The highest BCUT2D eigenvalue weighted by Crippen LogP contribution is 2.23. The third-order valence-electron chi connectivity index (χ3n) is 2.44. The van der Waals surface area contributed by atoms with Gasteiger partial charge in [-0.3, -0.25) is 0 Å². The molecular formula is C12H14N2O2. The first kappa shape index (κ1) is 10.8. The third-order valence-corrected chi connectivity index (χ3v) is 2.44. The highest BCUT2D eigenvalue weighted by molar-refractivity contribution is 5.59. The number of hydrogen-bond acceptors (Lipinski definition) is 4. The molecule has 0 aliphatic heterocycles. The van der Waals surface area contributed by atoms with Crippen molar-refractivity contribution in [1.82, 2.24) is 10.1 Å². The number of nitrogens with zero attached hydrogens (tertiary/aromatic N) is 2. The molecule has 1 unspecified atom stereocenters. The van der Waals surface area contributed by atoms with Gasteiger partial charge < -0.3 is 9.63 Å². The first-order chi connectivity index (χ1) is 7.58. The minimum absolute atomic E-state index is 0.316. The number of rotatable bonds is 2. The fourth-order valence-corrected chi connectivity index (χ4v) is 1.48. The second kappa shape index (κ2) is 4.06. The van der Waals surface area contributed by atoms with E-state index in [1.807, 2.05) is 32.0 Å². The Morgan fingerprint density at radius 2 is 2.06 bits per heavy atom. The average Bonchev–Trinajstić information content (AvgIpc) is 2.70. The summed E-state index contributed by atoms with van der Waals surface area (Å²) in [6, 6.07) is 6.04. The lowest BCUT2D eigenvalue weighted by molar-refractivity contribution is 0.184. The van der Waals surface area contributed by atoms with E-state index < -0.39 is 6.10 Å². The maximum Gasteiger partial charge on any atom is 0.258 e. The van der Waals surface area contributed by atoms with Crippen LogP contribution >= 0.6 is 0 Å². The van der Waals surface area contributed by atoms with Crippen molar-refractivity contribution in [3.05, 3.63) is 35.2 Å². The van der Waals surface area contributed by atoms with E-state index in [0.29, 0.717) is 11.7 Å². The largest absolute Gasteiger partial charge is 0.385 e. The maximum absolute atomic E-state index is 9.32. The van der Waals surface area contributed by atoms with Crippen molar-refractivity contribution in [1.29, 1.82) is 0 Å². The molecule has 0 saturated heterocycles. The van der Waals surface area contributed by atoms with Crippen LogP contribution in [-0.4, -0.2) is 15.2 Å². The number of aliphatic hydroxyl groups excluding tert-OH is 1. The lowest BCUT2D eigenvalue weighted by Crippen LogP contribution is -1.93. The molecule has 1 aromatic heterocycles. The van der Waals surface area contributed by atoms with Gasteiger partial charge in [-0.25, -0.2) is 0 Å². The van der Waals surface area contributed by atoms with E-state index in [4.69, 9.17) is 4.52 Å². The van der Waals surface area contributed by atoms with Gasteiger partial charge in [0, 0.05) is 5.56 Å². The molecule has 84 valence electrons. The van der Waals surface area contributed by atoms with Gasteiger partial charge in [-0.05, 0) is 32.4 Å². The van der Waals surface area contributed by atoms with Gasteiger partial charge in [0.05, 0.1) is 0 Å². The SMILES string of the molecule is Cc1ccc(C)c(-c2nc(C(C)O)no2)c1. The molecule has 16 heavy (non-hydrogen) atoms. The van der Waals surface area contributed by atoms with Crippen molar-refractivity contribution in [2.45, 2.75) is 26.9 Å². The van der Waals surface area contributed by atoms with Gasteiger partial charge >= 0.3 is 0 Å². The molecule has 0 aliphatic carbocycles. The lowest BCUT2D eigenvalue weighted by Gasteiger charge is -2.01. The summed E-state index contributed by atoms with van der Waals surface area (Å²) in [6.45, 7) is 5.60. The van der Waals surface area contributed by atoms with Gasteiger partial charge in [-0.1, -0.05) is 22.9 Å². The van der Waals surface area contributed by atoms with E-state index in [-0.39, 0.29) is 0 Å². The van der Waals surface area contributed by atoms with Crippen molar-refractivity contribution >= 4 is 0 Å². The van der Waals surface area contributed by atoms with Gasteiger partial charge in [-0.2, -0.15) is 4.98 Å². The smallest absolute Gasteiger partial charge is 0.258 e.